The van der Waals surface area contributed by atoms with Crippen LogP contribution in [-0.4, -0.2) is 12.1 Å². The van der Waals surface area contributed by atoms with E-state index in [-0.39, 0.29) is 12.1 Å². The summed E-state index contributed by atoms with van der Waals surface area (Å²) in [5, 5.41) is 0. The van der Waals surface area contributed by atoms with E-state index in [9.17, 15) is 0 Å². The molecule has 1 aliphatic carbocycles. The van der Waals surface area contributed by atoms with Crippen molar-refractivity contribution in [2.24, 2.45) is 29.2 Å². The zero-order valence-electron chi connectivity index (χ0n) is 11.3. The average molecular weight is 226 g/mol. The van der Waals surface area contributed by atoms with Crippen LogP contribution in [0, 0.1) is 17.8 Å². The molecule has 1 saturated carbocycles. The van der Waals surface area contributed by atoms with E-state index in [1.807, 2.05) is 0 Å². The standard InChI is InChI=1S/C14H30N2/c1-4-6-11-7-5-8-12(10(2)3)14(16)13(15)9-11/h10-14H,4-9,15-16H2,1-3H3. The Bertz CT molecular complexity index is 191. The van der Waals surface area contributed by atoms with E-state index in [0.29, 0.717) is 11.8 Å². The first-order valence-corrected chi connectivity index (χ1v) is 7.07. The largest absolute Gasteiger partial charge is 0.326 e. The van der Waals surface area contributed by atoms with Gasteiger partial charge < -0.3 is 11.5 Å². The Hall–Kier alpha value is -0.0800. The molecule has 1 fully saturated rings. The van der Waals surface area contributed by atoms with Gasteiger partial charge in [-0.15, -0.1) is 0 Å². The van der Waals surface area contributed by atoms with Crippen LogP contribution in [0.4, 0.5) is 0 Å². The fourth-order valence-corrected chi connectivity index (χ4v) is 3.26. The van der Waals surface area contributed by atoms with Crippen LogP contribution in [0.15, 0.2) is 0 Å². The summed E-state index contributed by atoms with van der Waals surface area (Å²) in [4.78, 5) is 0. The van der Waals surface area contributed by atoms with Gasteiger partial charge in [0.1, 0.15) is 0 Å². The van der Waals surface area contributed by atoms with Crippen molar-refractivity contribution in [2.45, 2.75) is 71.4 Å². The lowest BCUT2D eigenvalue weighted by Crippen LogP contribution is -2.49. The molecule has 1 rings (SSSR count). The SMILES string of the molecule is CCCC1CCCC(C(C)C)C(N)C(N)C1. The lowest BCUT2D eigenvalue weighted by molar-refractivity contribution is 0.207. The number of hydrogen-bond donors (Lipinski definition) is 2. The molecule has 0 heterocycles. The minimum atomic E-state index is 0.208. The highest BCUT2D eigenvalue weighted by Crippen LogP contribution is 2.31. The van der Waals surface area contributed by atoms with E-state index < -0.39 is 0 Å². The summed E-state index contributed by atoms with van der Waals surface area (Å²) in [5.74, 6) is 2.11. The van der Waals surface area contributed by atoms with Crippen molar-refractivity contribution in [3.8, 4) is 0 Å². The van der Waals surface area contributed by atoms with E-state index in [2.05, 4.69) is 20.8 Å². The molecular weight excluding hydrogens is 196 g/mol. The third-order valence-electron chi connectivity index (χ3n) is 4.30. The maximum Gasteiger partial charge on any atom is 0.0223 e. The third-order valence-corrected chi connectivity index (χ3v) is 4.30. The molecule has 1 aliphatic rings. The van der Waals surface area contributed by atoms with Gasteiger partial charge in [-0.25, -0.2) is 0 Å². The van der Waals surface area contributed by atoms with Crippen molar-refractivity contribution < 1.29 is 0 Å². The molecule has 0 radical (unpaired) electrons. The lowest BCUT2D eigenvalue weighted by atomic mass is 9.75. The summed E-state index contributed by atoms with van der Waals surface area (Å²) in [6, 6.07) is 0.420. The fraction of sp³-hybridized carbons (Fsp3) is 1.00. The van der Waals surface area contributed by atoms with Gasteiger partial charge in [-0.3, -0.25) is 0 Å². The molecule has 0 aromatic rings. The molecule has 0 aliphatic heterocycles. The molecule has 16 heavy (non-hydrogen) atoms. The van der Waals surface area contributed by atoms with E-state index in [1.54, 1.807) is 0 Å². The molecule has 0 saturated heterocycles. The van der Waals surface area contributed by atoms with Crippen LogP contribution < -0.4 is 11.5 Å². The van der Waals surface area contributed by atoms with E-state index in [4.69, 9.17) is 11.5 Å². The van der Waals surface area contributed by atoms with Crippen molar-refractivity contribution in [2.75, 3.05) is 0 Å². The normalized spacial score (nSPS) is 37.1. The molecule has 0 aromatic heterocycles. The average Bonchev–Trinajstić information content (AvgIpc) is 2.21. The van der Waals surface area contributed by atoms with E-state index in [1.165, 1.54) is 32.1 Å². The van der Waals surface area contributed by atoms with E-state index >= 15 is 0 Å². The van der Waals surface area contributed by atoms with Crippen molar-refractivity contribution in [1.82, 2.24) is 0 Å². The molecule has 2 heteroatoms. The van der Waals surface area contributed by atoms with Gasteiger partial charge in [-0.1, -0.05) is 46.5 Å². The quantitative estimate of drug-likeness (QED) is 0.777. The zero-order valence-corrected chi connectivity index (χ0v) is 11.3. The maximum atomic E-state index is 6.33. The Labute approximate surface area is 101 Å². The maximum absolute atomic E-state index is 6.33. The molecule has 4 atom stereocenters. The summed E-state index contributed by atoms with van der Waals surface area (Å²) >= 11 is 0. The van der Waals surface area contributed by atoms with Crippen LogP contribution in [0.2, 0.25) is 0 Å². The Morgan fingerprint density at radius 1 is 1.19 bits per heavy atom. The second-order valence-electron chi connectivity index (χ2n) is 5.97. The minimum Gasteiger partial charge on any atom is -0.326 e. The molecule has 0 aromatic carbocycles. The lowest BCUT2D eigenvalue weighted by Gasteiger charge is -2.36. The van der Waals surface area contributed by atoms with Crippen LogP contribution >= 0.6 is 0 Å². The van der Waals surface area contributed by atoms with Crippen molar-refractivity contribution >= 4 is 0 Å². The smallest absolute Gasteiger partial charge is 0.0223 e. The predicted octanol–water partition coefficient (Wildman–Crippen LogP) is 2.90. The van der Waals surface area contributed by atoms with Gasteiger partial charge in [-0.2, -0.15) is 0 Å². The highest BCUT2D eigenvalue weighted by atomic mass is 14.8. The van der Waals surface area contributed by atoms with Gasteiger partial charge in [0.05, 0.1) is 0 Å². The highest BCUT2D eigenvalue weighted by Gasteiger charge is 2.29. The second-order valence-corrected chi connectivity index (χ2v) is 5.97. The summed E-state index contributed by atoms with van der Waals surface area (Å²) in [6.07, 6.45) is 7.71. The minimum absolute atomic E-state index is 0.208. The van der Waals surface area contributed by atoms with Crippen LogP contribution in [0.25, 0.3) is 0 Å². The van der Waals surface area contributed by atoms with Crippen molar-refractivity contribution in [3.63, 3.8) is 0 Å². The molecule has 2 nitrogen and oxygen atoms in total. The Balaban J connectivity index is 2.58. The summed E-state index contributed by atoms with van der Waals surface area (Å²) in [5.41, 5.74) is 12.6. The first kappa shape index (κ1) is 14.0. The Morgan fingerprint density at radius 3 is 2.44 bits per heavy atom. The molecular formula is C14H30N2. The van der Waals surface area contributed by atoms with Crippen LogP contribution in [0.3, 0.4) is 0 Å². The fourth-order valence-electron chi connectivity index (χ4n) is 3.26. The van der Waals surface area contributed by atoms with Crippen molar-refractivity contribution in [1.29, 1.82) is 0 Å². The van der Waals surface area contributed by atoms with Gasteiger partial charge in [-0.05, 0) is 30.6 Å². The monoisotopic (exact) mass is 226 g/mol. The van der Waals surface area contributed by atoms with Crippen LogP contribution in [-0.2, 0) is 0 Å². The van der Waals surface area contributed by atoms with Crippen LogP contribution in [0.1, 0.15) is 59.3 Å². The predicted molar refractivity (Wildman–Crippen MR) is 71.1 cm³/mol. The summed E-state index contributed by atoms with van der Waals surface area (Å²) in [7, 11) is 0. The summed E-state index contributed by atoms with van der Waals surface area (Å²) < 4.78 is 0. The molecule has 0 spiro atoms. The molecule has 0 bridgehead atoms. The molecule has 96 valence electrons. The highest BCUT2D eigenvalue weighted by molar-refractivity contribution is 4.88. The van der Waals surface area contributed by atoms with Gasteiger partial charge in [0.15, 0.2) is 0 Å². The van der Waals surface area contributed by atoms with Gasteiger partial charge in [0.2, 0.25) is 0 Å². The molecule has 4 unspecified atom stereocenters. The third kappa shape index (κ3) is 3.74. The Kier molecular flexibility index (Phi) is 5.77. The molecule has 0 amide bonds. The second kappa shape index (κ2) is 6.61. The van der Waals surface area contributed by atoms with Gasteiger partial charge >= 0.3 is 0 Å². The van der Waals surface area contributed by atoms with Gasteiger partial charge in [0.25, 0.3) is 0 Å². The zero-order chi connectivity index (χ0) is 12.1. The summed E-state index contributed by atoms with van der Waals surface area (Å²) in [6.45, 7) is 6.83. The number of rotatable bonds is 3. The van der Waals surface area contributed by atoms with Crippen LogP contribution in [0.5, 0.6) is 0 Å². The van der Waals surface area contributed by atoms with E-state index in [0.717, 1.165) is 12.3 Å². The van der Waals surface area contributed by atoms with Gasteiger partial charge in [0, 0.05) is 12.1 Å². The molecule has 4 N–H and O–H groups in total. The Morgan fingerprint density at radius 2 is 1.88 bits per heavy atom. The number of nitrogens with two attached hydrogens (primary N) is 2. The van der Waals surface area contributed by atoms with Crippen molar-refractivity contribution in [3.05, 3.63) is 0 Å². The first-order chi connectivity index (χ1) is 7.56. The first-order valence-electron chi connectivity index (χ1n) is 7.07. The number of hydrogen-bond acceptors (Lipinski definition) is 2. The topological polar surface area (TPSA) is 52.0 Å².